The molecule has 0 bridgehead atoms. The highest BCUT2D eigenvalue weighted by Gasteiger charge is 2.20. The minimum atomic E-state index is -0.345. The Morgan fingerprint density at radius 1 is 1.42 bits per heavy atom. The Bertz CT molecular complexity index is 563. The van der Waals surface area contributed by atoms with Crippen LogP contribution in [0, 0.1) is 11.7 Å². The van der Waals surface area contributed by atoms with Crippen molar-refractivity contribution in [1.82, 2.24) is 15.5 Å². The van der Waals surface area contributed by atoms with Gasteiger partial charge in [0.1, 0.15) is 5.82 Å². The molecule has 100 valence electrons. The zero-order valence-electron chi connectivity index (χ0n) is 10.2. The van der Waals surface area contributed by atoms with E-state index in [1.807, 2.05) is 0 Å². The maximum absolute atomic E-state index is 13.6. The predicted molar refractivity (Wildman–Crippen MR) is 68.6 cm³/mol. The topological polar surface area (TPSA) is 51.0 Å². The maximum Gasteiger partial charge on any atom is 0.227 e. The van der Waals surface area contributed by atoms with E-state index in [0.29, 0.717) is 28.2 Å². The third kappa shape index (κ3) is 2.77. The molecule has 1 aromatic carbocycles. The largest absolute Gasteiger partial charge is 0.339 e. The van der Waals surface area contributed by atoms with Gasteiger partial charge in [-0.1, -0.05) is 22.8 Å². The lowest BCUT2D eigenvalue weighted by molar-refractivity contribution is 0.295. The number of nitrogens with one attached hydrogen (secondary N) is 1. The molecule has 6 heteroatoms. The minimum absolute atomic E-state index is 0.248. The summed E-state index contributed by atoms with van der Waals surface area (Å²) < 4.78 is 18.8. The molecule has 1 saturated heterocycles. The summed E-state index contributed by atoms with van der Waals surface area (Å²) in [6.07, 6.45) is 1.02. The Balaban J connectivity index is 1.72. The summed E-state index contributed by atoms with van der Waals surface area (Å²) in [6.45, 7) is 1.97. The van der Waals surface area contributed by atoms with Crippen LogP contribution in [0.5, 0.6) is 0 Å². The highest BCUT2D eigenvalue weighted by molar-refractivity contribution is 6.31. The molecule has 2 aromatic rings. The van der Waals surface area contributed by atoms with Crippen molar-refractivity contribution in [2.75, 3.05) is 13.1 Å². The normalized spacial score (nSPS) is 15.5. The second kappa shape index (κ2) is 5.27. The van der Waals surface area contributed by atoms with Crippen LogP contribution < -0.4 is 5.32 Å². The van der Waals surface area contributed by atoms with Crippen molar-refractivity contribution in [3.63, 3.8) is 0 Å². The van der Waals surface area contributed by atoms with Crippen LogP contribution in [0.2, 0.25) is 5.02 Å². The first-order valence-corrected chi connectivity index (χ1v) is 6.55. The molecule has 19 heavy (non-hydrogen) atoms. The molecule has 0 radical (unpaired) electrons. The predicted octanol–water partition coefficient (Wildman–Crippen LogP) is 2.21. The average Bonchev–Trinajstić information content (AvgIpc) is 2.77. The molecule has 1 N–H and O–H groups in total. The van der Waals surface area contributed by atoms with E-state index in [9.17, 15) is 4.39 Å². The molecule has 1 aliphatic heterocycles. The SMILES string of the molecule is Fc1cccc(Cl)c1Cc1noc(CC2CNC2)n1. The molecule has 0 saturated carbocycles. The molecule has 0 aliphatic carbocycles. The van der Waals surface area contributed by atoms with Crippen LogP contribution in [0.3, 0.4) is 0 Å². The number of aromatic nitrogens is 2. The Morgan fingerprint density at radius 2 is 2.26 bits per heavy atom. The van der Waals surface area contributed by atoms with E-state index in [4.69, 9.17) is 16.1 Å². The minimum Gasteiger partial charge on any atom is -0.339 e. The Labute approximate surface area is 115 Å². The number of hydrogen-bond acceptors (Lipinski definition) is 4. The van der Waals surface area contributed by atoms with Crippen molar-refractivity contribution in [3.8, 4) is 0 Å². The van der Waals surface area contributed by atoms with Crippen LogP contribution >= 0.6 is 11.6 Å². The summed E-state index contributed by atoms with van der Waals surface area (Å²) in [6, 6.07) is 4.61. The molecule has 2 heterocycles. The molecule has 1 fully saturated rings. The number of rotatable bonds is 4. The van der Waals surface area contributed by atoms with Crippen molar-refractivity contribution in [1.29, 1.82) is 0 Å². The van der Waals surface area contributed by atoms with Gasteiger partial charge < -0.3 is 9.84 Å². The fourth-order valence-electron chi connectivity index (χ4n) is 2.04. The number of hydrogen-bond donors (Lipinski definition) is 1. The molecular weight excluding hydrogens is 269 g/mol. The average molecular weight is 282 g/mol. The third-order valence-corrected chi connectivity index (χ3v) is 3.59. The van der Waals surface area contributed by atoms with Crippen molar-refractivity contribution in [2.24, 2.45) is 5.92 Å². The highest BCUT2D eigenvalue weighted by atomic mass is 35.5. The molecule has 1 aromatic heterocycles. The van der Waals surface area contributed by atoms with Crippen LogP contribution in [0.15, 0.2) is 22.7 Å². The number of benzene rings is 1. The summed E-state index contributed by atoms with van der Waals surface area (Å²) >= 11 is 5.97. The van der Waals surface area contributed by atoms with Crippen molar-refractivity contribution in [3.05, 3.63) is 46.3 Å². The van der Waals surface area contributed by atoms with Gasteiger partial charge in [0.2, 0.25) is 5.89 Å². The zero-order chi connectivity index (χ0) is 13.2. The Morgan fingerprint density at radius 3 is 2.95 bits per heavy atom. The van der Waals surface area contributed by atoms with Crippen molar-refractivity contribution >= 4 is 11.6 Å². The Hall–Kier alpha value is -1.46. The van der Waals surface area contributed by atoms with Gasteiger partial charge in [0, 0.05) is 23.4 Å². The summed E-state index contributed by atoms with van der Waals surface area (Å²) in [4.78, 5) is 4.28. The van der Waals surface area contributed by atoms with Crippen LogP contribution in [0.1, 0.15) is 17.3 Å². The van der Waals surface area contributed by atoms with E-state index in [1.54, 1.807) is 12.1 Å². The van der Waals surface area contributed by atoms with Gasteiger partial charge in [0.05, 0.1) is 0 Å². The Kier molecular flexibility index (Phi) is 3.48. The smallest absolute Gasteiger partial charge is 0.227 e. The van der Waals surface area contributed by atoms with Gasteiger partial charge >= 0.3 is 0 Å². The fourth-order valence-corrected chi connectivity index (χ4v) is 2.27. The van der Waals surface area contributed by atoms with Gasteiger partial charge in [-0.3, -0.25) is 0 Å². The van der Waals surface area contributed by atoms with E-state index in [1.165, 1.54) is 6.07 Å². The molecule has 0 amide bonds. The quantitative estimate of drug-likeness (QED) is 0.934. The monoisotopic (exact) mass is 281 g/mol. The van der Waals surface area contributed by atoms with E-state index in [0.717, 1.165) is 19.5 Å². The second-order valence-corrected chi connectivity index (χ2v) is 5.12. The second-order valence-electron chi connectivity index (χ2n) is 4.71. The first-order valence-electron chi connectivity index (χ1n) is 6.17. The maximum atomic E-state index is 13.6. The number of nitrogens with zero attached hydrogens (tertiary/aromatic N) is 2. The van der Waals surface area contributed by atoms with Crippen LogP contribution in [-0.2, 0) is 12.8 Å². The summed E-state index contributed by atoms with van der Waals surface area (Å²) in [7, 11) is 0. The summed E-state index contributed by atoms with van der Waals surface area (Å²) in [5, 5.41) is 7.44. The lowest BCUT2D eigenvalue weighted by atomic mass is 10.00. The molecule has 0 atom stereocenters. The summed E-state index contributed by atoms with van der Waals surface area (Å²) in [5.74, 6) is 1.29. The lowest BCUT2D eigenvalue weighted by Crippen LogP contribution is -2.43. The van der Waals surface area contributed by atoms with Gasteiger partial charge in [0.15, 0.2) is 5.82 Å². The van der Waals surface area contributed by atoms with Gasteiger partial charge in [0.25, 0.3) is 0 Å². The summed E-state index contributed by atoms with van der Waals surface area (Å²) in [5.41, 5.74) is 0.404. The van der Waals surface area contributed by atoms with Crippen molar-refractivity contribution in [2.45, 2.75) is 12.8 Å². The van der Waals surface area contributed by atoms with Gasteiger partial charge in [-0.15, -0.1) is 0 Å². The van der Waals surface area contributed by atoms with E-state index in [-0.39, 0.29) is 12.2 Å². The van der Waals surface area contributed by atoms with E-state index >= 15 is 0 Å². The van der Waals surface area contributed by atoms with Crippen LogP contribution in [-0.4, -0.2) is 23.2 Å². The van der Waals surface area contributed by atoms with Gasteiger partial charge in [-0.05, 0) is 31.1 Å². The van der Waals surface area contributed by atoms with E-state index < -0.39 is 0 Å². The standard InChI is InChI=1S/C13H13ClFN3O/c14-10-2-1-3-11(15)9(10)5-12-17-13(19-18-12)4-8-6-16-7-8/h1-3,8,16H,4-7H2. The fraction of sp³-hybridized carbons (Fsp3) is 0.385. The molecule has 0 spiro atoms. The molecular formula is C13H13ClFN3O. The highest BCUT2D eigenvalue weighted by Crippen LogP contribution is 2.21. The number of halogens is 2. The molecule has 3 rings (SSSR count). The van der Waals surface area contributed by atoms with E-state index in [2.05, 4.69) is 15.5 Å². The first-order chi connectivity index (χ1) is 9.22. The van der Waals surface area contributed by atoms with Crippen LogP contribution in [0.25, 0.3) is 0 Å². The van der Waals surface area contributed by atoms with Gasteiger partial charge in [-0.25, -0.2) is 4.39 Å². The van der Waals surface area contributed by atoms with Gasteiger partial charge in [-0.2, -0.15) is 4.98 Å². The molecule has 0 unspecified atom stereocenters. The third-order valence-electron chi connectivity index (χ3n) is 3.24. The zero-order valence-corrected chi connectivity index (χ0v) is 11.0. The van der Waals surface area contributed by atoms with Crippen LogP contribution in [0.4, 0.5) is 4.39 Å². The molecule has 4 nitrogen and oxygen atoms in total. The first kappa shape index (κ1) is 12.6. The van der Waals surface area contributed by atoms with Crippen molar-refractivity contribution < 1.29 is 8.91 Å². The molecule has 1 aliphatic rings. The lowest BCUT2D eigenvalue weighted by Gasteiger charge is -2.25.